The Morgan fingerprint density at radius 2 is 1.61 bits per heavy atom. The Kier molecular flexibility index (Phi) is 7.10. The Bertz CT molecular complexity index is 1120. The fourth-order valence-electron chi connectivity index (χ4n) is 4.20. The van der Waals surface area contributed by atoms with E-state index < -0.39 is 31.0 Å². The molecule has 0 saturated carbocycles. The normalized spacial score (nSPS) is 13.0. The zero-order valence-electron chi connectivity index (χ0n) is 18.7. The third kappa shape index (κ3) is 5.48. The summed E-state index contributed by atoms with van der Waals surface area (Å²) in [5.74, 6) is -0.0374. The monoisotopic (exact) mass is 494 g/mol. The topological polar surface area (TPSA) is 25.5 Å². The Morgan fingerprint density at radius 3 is 2.12 bits per heavy atom. The molecule has 0 spiro atoms. The summed E-state index contributed by atoms with van der Waals surface area (Å²) < 4.78 is 82.7. The summed E-state index contributed by atoms with van der Waals surface area (Å²) in [5.41, 5.74) is 1.86. The van der Waals surface area contributed by atoms with E-state index in [4.69, 9.17) is 11.6 Å². The van der Waals surface area contributed by atoms with Crippen molar-refractivity contribution in [3.05, 3.63) is 51.6 Å². The third-order valence-electron chi connectivity index (χ3n) is 5.39. The van der Waals surface area contributed by atoms with Crippen LogP contribution in [0.4, 0.5) is 26.3 Å². The van der Waals surface area contributed by atoms with Gasteiger partial charge in [-0.3, -0.25) is 13.9 Å². The first kappa shape index (κ1) is 25.4. The molecule has 3 rings (SSSR count). The molecule has 0 bridgehead atoms. The van der Waals surface area contributed by atoms with E-state index in [0.29, 0.717) is 12.1 Å². The van der Waals surface area contributed by atoms with Gasteiger partial charge < -0.3 is 0 Å². The summed E-state index contributed by atoms with van der Waals surface area (Å²) in [6.07, 6.45) is -8.47. The average molecular weight is 495 g/mol. The van der Waals surface area contributed by atoms with Crippen LogP contribution in [0.1, 0.15) is 47.8 Å². The molecule has 0 radical (unpaired) electrons. The van der Waals surface area contributed by atoms with Gasteiger partial charge in [-0.1, -0.05) is 36.2 Å². The maximum absolute atomic E-state index is 13.9. The van der Waals surface area contributed by atoms with Gasteiger partial charge in [0, 0.05) is 19.3 Å². The number of rotatable bonds is 7. The van der Waals surface area contributed by atoms with Gasteiger partial charge in [0.15, 0.2) is 5.69 Å². The average Bonchev–Trinajstić information content (AvgIpc) is 3.15. The van der Waals surface area contributed by atoms with Crippen LogP contribution >= 0.6 is 11.6 Å². The number of aromatic nitrogens is 3. The second-order valence-electron chi connectivity index (χ2n) is 8.25. The minimum absolute atomic E-state index is 0.0374. The predicted octanol–water partition coefficient (Wildman–Crippen LogP) is 6.89. The van der Waals surface area contributed by atoms with Crippen molar-refractivity contribution in [2.45, 2.75) is 59.4 Å². The summed E-state index contributed by atoms with van der Waals surface area (Å²) in [7, 11) is 0. The number of aryl methyl sites for hydroxylation is 3. The van der Waals surface area contributed by atoms with Crippen molar-refractivity contribution in [2.75, 3.05) is 13.1 Å². The highest BCUT2D eigenvalue weighted by atomic mass is 35.5. The molecular weight excluding hydrogens is 470 g/mol. The maximum Gasteiger partial charge on any atom is 0.435 e. The van der Waals surface area contributed by atoms with Crippen molar-refractivity contribution >= 4 is 17.4 Å². The Labute approximate surface area is 192 Å². The molecule has 0 aliphatic heterocycles. The van der Waals surface area contributed by atoms with Gasteiger partial charge in [0.2, 0.25) is 5.78 Å². The zero-order valence-corrected chi connectivity index (χ0v) is 19.5. The van der Waals surface area contributed by atoms with Crippen LogP contribution < -0.4 is 0 Å². The molecule has 11 heteroatoms. The number of fused-ring (bicyclic) bond motifs is 1. The van der Waals surface area contributed by atoms with Crippen LogP contribution in [0.2, 0.25) is 5.15 Å². The molecule has 33 heavy (non-hydrogen) atoms. The first-order valence-electron chi connectivity index (χ1n) is 10.5. The molecule has 0 saturated heterocycles. The summed E-state index contributed by atoms with van der Waals surface area (Å²) in [6.45, 7) is 6.79. The highest BCUT2D eigenvalue weighted by Crippen LogP contribution is 2.36. The number of nitrogens with zero attached hydrogens (tertiary/aromatic N) is 4. The van der Waals surface area contributed by atoms with E-state index >= 15 is 0 Å². The molecule has 3 aromatic rings. The summed E-state index contributed by atoms with van der Waals surface area (Å²) in [5, 5.41) is 0.153. The molecule has 0 atom stereocenters. The lowest BCUT2D eigenvalue weighted by Gasteiger charge is -2.22. The van der Waals surface area contributed by atoms with E-state index in [2.05, 4.69) is 4.98 Å². The molecule has 2 aromatic heterocycles. The van der Waals surface area contributed by atoms with E-state index in [-0.39, 0.29) is 29.7 Å². The lowest BCUT2D eigenvalue weighted by atomic mass is 10.1. The minimum atomic E-state index is -4.78. The SMILES string of the molecule is CCCN(CCC(F)(F)F)Cc1c(C(F)(F)F)nc2n(-c3c(C)cc(C)cc3C)c(Cl)cn12. The molecular formula is C22H25ClF6N4. The molecule has 0 fully saturated rings. The molecule has 182 valence electrons. The maximum atomic E-state index is 13.9. The van der Waals surface area contributed by atoms with Crippen LogP contribution in [0.25, 0.3) is 11.5 Å². The number of hydrogen-bond donors (Lipinski definition) is 0. The predicted molar refractivity (Wildman–Crippen MR) is 115 cm³/mol. The van der Waals surface area contributed by atoms with E-state index in [1.807, 2.05) is 32.9 Å². The van der Waals surface area contributed by atoms with E-state index in [1.54, 1.807) is 6.92 Å². The second-order valence-corrected chi connectivity index (χ2v) is 8.64. The van der Waals surface area contributed by atoms with Gasteiger partial charge >= 0.3 is 12.4 Å². The number of halogens is 7. The van der Waals surface area contributed by atoms with Gasteiger partial charge in [-0.15, -0.1) is 0 Å². The van der Waals surface area contributed by atoms with Crippen molar-refractivity contribution in [2.24, 2.45) is 0 Å². The summed E-state index contributed by atoms with van der Waals surface area (Å²) >= 11 is 6.44. The minimum Gasteiger partial charge on any atom is -0.297 e. The molecule has 2 heterocycles. The quantitative estimate of drug-likeness (QED) is 0.334. The van der Waals surface area contributed by atoms with Crippen molar-refractivity contribution < 1.29 is 26.3 Å². The summed E-state index contributed by atoms with van der Waals surface area (Å²) in [6, 6.07) is 3.79. The lowest BCUT2D eigenvalue weighted by molar-refractivity contribution is -0.143. The van der Waals surface area contributed by atoms with Gasteiger partial charge in [0.25, 0.3) is 0 Å². The fourth-order valence-corrected chi connectivity index (χ4v) is 4.46. The highest BCUT2D eigenvalue weighted by molar-refractivity contribution is 6.30. The summed E-state index contributed by atoms with van der Waals surface area (Å²) in [4.78, 5) is 5.24. The van der Waals surface area contributed by atoms with Crippen molar-refractivity contribution in [3.63, 3.8) is 0 Å². The van der Waals surface area contributed by atoms with Crippen LogP contribution in [0.3, 0.4) is 0 Å². The molecule has 0 aliphatic carbocycles. The zero-order chi connectivity index (χ0) is 24.7. The van der Waals surface area contributed by atoms with Crippen LogP contribution in [-0.2, 0) is 12.7 Å². The van der Waals surface area contributed by atoms with E-state index in [9.17, 15) is 26.3 Å². The molecule has 1 aromatic carbocycles. The number of benzene rings is 1. The van der Waals surface area contributed by atoms with Gasteiger partial charge in [0.1, 0.15) is 5.15 Å². The Balaban J connectivity index is 2.17. The van der Waals surface area contributed by atoms with Gasteiger partial charge in [-0.2, -0.15) is 26.3 Å². The van der Waals surface area contributed by atoms with Crippen molar-refractivity contribution in [3.8, 4) is 5.69 Å². The highest BCUT2D eigenvalue weighted by Gasteiger charge is 2.39. The number of hydrogen-bond acceptors (Lipinski definition) is 2. The van der Waals surface area contributed by atoms with E-state index in [0.717, 1.165) is 16.7 Å². The van der Waals surface area contributed by atoms with Gasteiger partial charge in [0.05, 0.1) is 17.8 Å². The first-order chi connectivity index (χ1) is 15.2. The van der Waals surface area contributed by atoms with Gasteiger partial charge in [-0.25, -0.2) is 4.98 Å². The standard InChI is InChI=1S/C22H25ClF6N4/c1-5-7-31(8-6-21(24,25)26)11-16-19(22(27,28)29)30-20-32(16)12-17(23)33(20)18-14(3)9-13(2)10-15(18)4/h9-10,12H,5-8,11H2,1-4H3. The molecule has 0 unspecified atom stereocenters. The molecule has 0 amide bonds. The Hall–Kier alpha value is -2.20. The molecule has 0 N–H and O–H groups in total. The first-order valence-corrected chi connectivity index (χ1v) is 10.8. The third-order valence-corrected chi connectivity index (χ3v) is 5.66. The van der Waals surface area contributed by atoms with Crippen LogP contribution in [-0.4, -0.2) is 38.1 Å². The smallest absolute Gasteiger partial charge is 0.297 e. The van der Waals surface area contributed by atoms with Crippen LogP contribution in [0.5, 0.6) is 0 Å². The largest absolute Gasteiger partial charge is 0.435 e. The fraction of sp³-hybridized carbons (Fsp3) is 0.500. The van der Waals surface area contributed by atoms with Gasteiger partial charge in [-0.05, 0) is 44.9 Å². The van der Waals surface area contributed by atoms with Crippen LogP contribution in [0, 0.1) is 20.8 Å². The van der Waals surface area contributed by atoms with Crippen molar-refractivity contribution in [1.29, 1.82) is 0 Å². The molecule has 0 aliphatic rings. The van der Waals surface area contributed by atoms with Crippen LogP contribution in [0.15, 0.2) is 18.3 Å². The molecule has 4 nitrogen and oxygen atoms in total. The lowest BCUT2D eigenvalue weighted by Crippen LogP contribution is -2.30. The number of alkyl halides is 6. The van der Waals surface area contributed by atoms with Crippen molar-refractivity contribution in [1.82, 2.24) is 18.9 Å². The van der Waals surface area contributed by atoms with E-state index in [1.165, 1.54) is 20.1 Å². The second kappa shape index (κ2) is 9.21. The number of imidazole rings is 2. The Morgan fingerprint density at radius 1 is 1.00 bits per heavy atom.